The van der Waals surface area contributed by atoms with Crippen LogP contribution in [0.3, 0.4) is 0 Å². The van der Waals surface area contributed by atoms with Crippen LogP contribution in [0.25, 0.3) is 0 Å². The molecule has 4 N–H and O–H groups in total. The zero-order valence-corrected chi connectivity index (χ0v) is 18.4. The third-order valence-electron chi connectivity index (χ3n) is 4.67. The van der Waals surface area contributed by atoms with Gasteiger partial charge in [-0.25, -0.2) is 0 Å². The minimum Gasteiger partial charge on any atom is -0.491 e. The average molecular weight is 448 g/mol. The molecule has 1 aromatic carbocycles. The standard InChI is InChI=1S/C21H25N3O4S2/c1-2-27-10-11-28-14-7-5-6-13(12-14)19(26)23-21(29)24-20-17(18(22)25)15-8-3-4-9-16(15)30-20/h5-7,12H,2-4,8-11H2,1H3,(H2,22,25)(H2,23,24,26,29). The molecule has 0 fully saturated rings. The van der Waals surface area contributed by atoms with Crippen LogP contribution >= 0.6 is 23.6 Å². The first kappa shape index (κ1) is 22.2. The van der Waals surface area contributed by atoms with Crippen LogP contribution in [0, 0.1) is 0 Å². The highest BCUT2D eigenvalue weighted by atomic mass is 32.1. The molecule has 0 radical (unpaired) electrons. The third kappa shape index (κ3) is 5.56. The van der Waals surface area contributed by atoms with Crippen LogP contribution in [0.5, 0.6) is 5.75 Å². The number of amides is 2. The van der Waals surface area contributed by atoms with E-state index in [9.17, 15) is 9.59 Å². The van der Waals surface area contributed by atoms with Gasteiger partial charge in [0.25, 0.3) is 11.8 Å². The van der Waals surface area contributed by atoms with Crippen molar-refractivity contribution in [2.24, 2.45) is 5.73 Å². The zero-order chi connectivity index (χ0) is 21.5. The van der Waals surface area contributed by atoms with Gasteiger partial charge in [-0.15, -0.1) is 11.3 Å². The highest BCUT2D eigenvalue weighted by Crippen LogP contribution is 2.37. The molecule has 7 nitrogen and oxygen atoms in total. The largest absolute Gasteiger partial charge is 0.491 e. The van der Waals surface area contributed by atoms with E-state index in [1.165, 1.54) is 11.3 Å². The van der Waals surface area contributed by atoms with E-state index >= 15 is 0 Å². The van der Waals surface area contributed by atoms with Crippen LogP contribution in [0.2, 0.25) is 0 Å². The van der Waals surface area contributed by atoms with Crippen LogP contribution in [0.4, 0.5) is 5.00 Å². The molecule has 0 unspecified atom stereocenters. The number of hydrogen-bond donors (Lipinski definition) is 3. The van der Waals surface area contributed by atoms with Crippen LogP contribution in [-0.2, 0) is 17.6 Å². The van der Waals surface area contributed by atoms with Crippen LogP contribution in [0.1, 0.15) is 50.9 Å². The van der Waals surface area contributed by atoms with E-state index in [0.717, 1.165) is 36.1 Å². The Morgan fingerprint density at radius 2 is 2.03 bits per heavy atom. The fourth-order valence-electron chi connectivity index (χ4n) is 3.31. The Morgan fingerprint density at radius 3 is 2.80 bits per heavy atom. The van der Waals surface area contributed by atoms with E-state index in [0.29, 0.717) is 41.7 Å². The summed E-state index contributed by atoms with van der Waals surface area (Å²) in [7, 11) is 0. The van der Waals surface area contributed by atoms with E-state index in [4.69, 9.17) is 27.4 Å². The van der Waals surface area contributed by atoms with Gasteiger partial charge in [0, 0.05) is 17.0 Å². The number of thiophene rings is 1. The van der Waals surface area contributed by atoms with E-state index in [2.05, 4.69) is 10.6 Å². The summed E-state index contributed by atoms with van der Waals surface area (Å²) < 4.78 is 10.8. The summed E-state index contributed by atoms with van der Waals surface area (Å²) in [6, 6.07) is 6.82. The van der Waals surface area contributed by atoms with Crippen LogP contribution < -0.4 is 21.1 Å². The maximum Gasteiger partial charge on any atom is 0.257 e. The van der Waals surface area contributed by atoms with Crippen molar-refractivity contribution in [3.05, 3.63) is 45.8 Å². The molecule has 0 saturated heterocycles. The molecule has 0 spiro atoms. The first-order chi connectivity index (χ1) is 14.5. The minimum absolute atomic E-state index is 0.115. The van der Waals surface area contributed by atoms with E-state index in [1.54, 1.807) is 24.3 Å². The topological polar surface area (TPSA) is 103 Å². The summed E-state index contributed by atoms with van der Waals surface area (Å²) in [6.07, 6.45) is 3.89. The van der Waals surface area contributed by atoms with Crippen molar-refractivity contribution in [2.45, 2.75) is 32.6 Å². The molecule has 160 valence electrons. The first-order valence-electron chi connectivity index (χ1n) is 9.87. The second kappa shape index (κ2) is 10.5. The fourth-order valence-corrected chi connectivity index (χ4v) is 4.87. The number of ether oxygens (including phenoxy) is 2. The molecule has 1 aromatic heterocycles. The number of nitrogens with one attached hydrogen (secondary N) is 2. The number of rotatable bonds is 8. The average Bonchev–Trinajstić information content (AvgIpc) is 3.09. The highest BCUT2D eigenvalue weighted by molar-refractivity contribution is 7.80. The lowest BCUT2D eigenvalue weighted by Crippen LogP contribution is -2.34. The fraction of sp³-hybridized carbons (Fsp3) is 0.381. The molecule has 1 aliphatic rings. The van der Waals surface area contributed by atoms with Crippen molar-refractivity contribution >= 4 is 45.5 Å². The van der Waals surface area contributed by atoms with Crippen molar-refractivity contribution in [2.75, 3.05) is 25.1 Å². The Balaban J connectivity index is 1.63. The number of primary amides is 1. The Morgan fingerprint density at radius 1 is 1.23 bits per heavy atom. The molecule has 1 heterocycles. The smallest absolute Gasteiger partial charge is 0.257 e. The molecular weight excluding hydrogens is 422 g/mol. The lowest BCUT2D eigenvalue weighted by molar-refractivity contribution is 0.0974. The van der Waals surface area contributed by atoms with Crippen molar-refractivity contribution in [1.82, 2.24) is 5.32 Å². The number of hydrogen-bond acceptors (Lipinski definition) is 6. The maximum atomic E-state index is 12.6. The Hall–Kier alpha value is -2.49. The number of carbonyl (C=O) groups excluding carboxylic acids is 2. The quantitative estimate of drug-likeness (QED) is 0.424. The number of anilines is 1. The lowest BCUT2D eigenvalue weighted by Gasteiger charge is -2.12. The molecule has 0 saturated carbocycles. The van der Waals surface area contributed by atoms with Gasteiger partial charge in [-0.3, -0.25) is 14.9 Å². The number of benzene rings is 1. The van der Waals surface area contributed by atoms with E-state index in [1.807, 2.05) is 6.92 Å². The third-order valence-corrected chi connectivity index (χ3v) is 6.08. The summed E-state index contributed by atoms with van der Waals surface area (Å²) in [6.45, 7) is 3.42. The predicted molar refractivity (Wildman–Crippen MR) is 122 cm³/mol. The van der Waals surface area contributed by atoms with Crippen molar-refractivity contribution in [3.8, 4) is 5.75 Å². The number of thiocarbonyl (C=S) groups is 1. The Labute approximate surface area is 184 Å². The van der Waals surface area contributed by atoms with Gasteiger partial charge in [0.1, 0.15) is 17.4 Å². The molecule has 3 rings (SSSR count). The van der Waals surface area contributed by atoms with Gasteiger partial charge in [0.2, 0.25) is 0 Å². The molecule has 2 aromatic rings. The van der Waals surface area contributed by atoms with Gasteiger partial charge in [0.15, 0.2) is 5.11 Å². The molecule has 9 heteroatoms. The summed E-state index contributed by atoms with van der Waals surface area (Å²) in [4.78, 5) is 25.7. The highest BCUT2D eigenvalue weighted by Gasteiger charge is 2.24. The van der Waals surface area contributed by atoms with Gasteiger partial charge in [-0.2, -0.15) is 0 Å². The summed E-state index contributed by atoms with van der Waals surface area (Å²) >= 11 is 6.77. The second-order valence-corrected chi connectivity index (χ2v) is 8.27. The van der Waals surface area contributed by atoms with Gasteiger partial charge >= 0.3 is 0 Å². The maximum absolute atomic E-state index is 12.6. The van der Waals surface area contributed by atoms with Crippen molar-refractivity contribution in [3.63, 3.8) is 0 Å². The van der Waals surface area contributed by atoms with Crippen LogP contribution in [-0.4, -0.2) is 36.7 Å². The number of fused-ring (bicyclic) bond motifs is 1. The molecule has 0 atom stereocenters. The van der Waals surface area contributed by atoms with Crippen LogP contribution in [0.15, 0.2) is 24.3 Å². The number of aryl methyl sites for hydroxylation is 1. The minimum atomic E-state index is -0.483. The van der Waals surface area contributed by atoms with Crippen molar-refractivity contribution in [1.29, 1.82) is 0 Å². The molecule has 1 aliphatic carbocycles. The van der Waals surface area contributed by atoms with E-state index < -0.39 is 5.91 Å². The molecule has 0 aliphatic heterocycles. The monoisotopic (exact) mass is 447 g/mol. The predicted octanol–water partition coefficient (Wildman–Crippen LogP) is 3.27. The van der Waals surface area contributed by atoms with Gasteiger partial charge in [-0.05, 0) is 68.6 Å². The SMILES string of the molecule is CCOCCOc1cccc(C(=O)NC(=S)Nc2sc3c(c2C(N)=O)CCCC3)c1. The molecular formula is C21H25N3O4S2. The first-order valence-corrected chi connectivity index (χ1v) is 11.1. The van der Waals surface area contributed by atoms with E-state index in [-0.39, 0.29) is 11.0 Å². The van der Waals surface area contributed by atoms with Crippen molar-refractivity contribution < 1.29 is 19.1 Å². The Bertz CT molecular complexity index is 942. The number of nitrogens with two attached hydrogens (primary N) is 1. The molecule has 0 bridgehead atoms. The molecule has 2 amide bonds. The number of carbonyl (C=O) groups is 2. The van der Waals surface area contributed by atoms with Gasteiger partial charge < -0.3 is 20.5 Å². The molecule has 30 heavy (non-hydrogen) atoms. The van der Waals surface area contributed by atoms with Gasteiger partial charge in [-0.1, -0.05) is 6.07 Å². The second-order valence-electron chi connectivity index (χ2n) is 6.76. The summed E-state index contributed by atoms with van der Waals surface area (Å²) in [5.74, 6) is -0.282. The summed E-state index contributed by atoms with van der Waals surface area (Å²) in [5, 5.41) is 6.34. The zero-order valence-electron chi connectivity index (χ0n) is 16.8. The normalized spacial score (nSPS) is 12.7. The summed E-state index contributed by atoms with van der Waals surface area (Å²) in [5.41, 5.74) is 7.50. The van der Waals surface area contributed by atoms with Gasteiger partial charge in [0.05, 0.1) is 12.2 Å². The lowest BCUT2D eigenvalue weighted by atomic mass is 9.95. The Kier molecular flexibility index (Phi) is 7.78.